The Kier molecular flexibility index (Phi) is 5.80. The summed E-state index contributed by atoms with van der Waals surface area (Å²) >= 11 is 6.18. The lowest BCUT2D eigenvalue weighted by molar-refractivity contribution is 0.103. The third kappa shape index (κ3) is 4.25. The molecule has 4 rings (SSSR count). The minimum Gasteiger partial charge on any atom is -0.491 e. The molecule has 3 aromatic rings. The van der Waals surface area contributed by atoms with E-state index in [1.165, 1.54) is 0 Å². The van der Waals surface area contributed by atoms with Crippen LogP contribution < -0.4 is 10.5 Å². The van der Waals surface area contributed by atoms with Gasteiger partial charge in [-0.05, 0) is 43.7 Å². The molecular weight excluding hydrogens is 440 g/mol. The number of carbonyl (C=O) groups excluding carboxylic acids is 1. The minimum atomic E-state index is -1.22. The largest absolute Gasteiger partial charge is 0.491 e. The summed E-state index contributed by atoms with van der Waals surface area (Å²) < 4.78 is 5.90. The van der Waals surface area contributed by atoms with Crippen molar-refractivity contribution in [3.05, 3.63) is 63.3 Å². The molecule has 0 amide bonds. The normalized spacial score (nSPS) is 15.5. The smallest absolute Gasteiger partial charge is 0.195 e. The first kappa shape index (κ1) is 23.3. The summed E-state index contributed by atoms with van der Waals surface area (Å²) in [5, 5.41) is 20.8. The predicted molar refractivity (Wildman–Crippen MR) is 129 cm³/mol. The van der Waals surface area contributed by atoms with Gasteiger partial charge in [0.15, 0.2) is 5.78 Å². The van der Waals surface area contributed by atoms with Gasteiger partial charge < -0.3 is 25.7 Å². The topological polar surface area (TPSA) is 109 Å². The van der Waals surface area contributed by atoms with E-state index in [1.54, 1.807) is 26.0 Å². The molecule has 1 aliphatic carbocycles. The fourth-order valence-corrected chi connectivity index (χ4v) is 4.29. The Morgan fingerprint density at radius 1 is 1.27 bits per heavy atom. The molecule has 0 fully saturated rings. The van der Waals surface area contributed by atoms with Gasteiger partial charge in [0, 0.05) is 32.6 Å². The zero-order valence-electron chi connectivity index (χ0n) is 19.0. The number of hydrogen-bond donors (Lipinski definition) is 4. The zero-order valence-corrected chi connectivity index (χ0v) is 19.8. The second kappa shape index (κ2) is 8.19. The summed E-state index contributed by atoms with van der Waals surface area (Å²) in [7, 11) is 0. The first-order valence-electron chi connectivity index (χ1n) is 10.7. The van der Waals surface area contributed by atoms with Crippen LogP contribution in [0.3, 0.4) is 0 Å². The molecule has 172 valence electrons. The number of ether oxygens (including phenoxy) is 1. The monoisotopic (exact) mass is 466 g/mol. The van der Waals surface area contributed by atoms with Crippen LogP contribution in [0.1, 0.15) is 60.4 Å². The molecule has 0 radical (unpaired) electrons. The van der Waals surface area contributed by atoms with Crippen molar-refractivity contribution < 1.29 is 19.7 Å². The molecule has 2 aromatic carbocycles. The van der Waals surface area contributed by atoms with Crippen molar-refractivity contribution in [1.82, 2.24) is 4.98 Å². The fraction of sp³-hybridized carbons (Fsp3) is 0.346. The lowest BCUT2D eigenvalue weighted by Gasteiger charge is -2.33. The Hall–Kier alpha value is -2.82. The number of hydrogen-bond acceptors (Lipinski definition) is 5. The Morgan fingerprint density at radius 3 is 2.67 bits per heavy atom. The summed E-state index contributed by atoms with van der Waals surface area (Å²) in [5.41, 5.74) is 8.09. The van der Waals surface area contributed by atoms with Gasteiger partial charge in [0.05, 0.1) is 23.8 Å². The highest BCUT2D eigenvalue weighted by Crippen LogP contribution is 2.45. The molecule has 0 unspecified atom stereocenters. The fourth-order valence-electron chi connectivity index (χ4n) is 4.12. The number of nitrogens with two attached hydrogens (primary N) is 1. The van der Waals surface area contributed by atoms with Crippen LogP contribution in [0.5, 0.6) is 5.75 Å². The highest BCUT2D eigenvalue weighted by atomic mass is 35.5. The maximum absolute atomic E-state index is 13.7. The van der Waals surface area contributed by atoms with Crippen LogP contribution in [0.15, 0.2) is 30.3 Å². The number of rotatable bonds is 4. The molecule has 0 saturated heterocycles. The van der Waals surface area contributed by atoms with Crippen molar-refractivity contribution in [3.63, 3.8) is 0 Å². The van der Waals surface area contributed by atoms with Crippen LogP contribution in [0.2, 0.25) is 5.02 Å². The molecule has 7 heteroatoms. The summed E-state index contributed by atoms with van der Waals surface area (Å²) in [6.07, 6.45) is 0. The van der Waals surface area contributed by atoms with E-state index in [2.05, 4.69) is 16.8 Å². The number of aromatic amines is 1. The molecule has 1 heterocycles. The van der Waals surface area contributed by atoms with Gasteiger partial charge in [0.2, 0.25) is 0 Å². The number of fused-ring (bicyclic) bond motifs is 4. The number of H-pyrrole nitrogens is 1. The number of aliphatic hydroxyl groups excluding tert-OH is 1. The molecule has 0 saturated carbocycles. The number of carbonyl (C=O) groups is 1. The highest BCUT2D eigenvalue weighted by molar-refractivity contribution is 6.31. The van der Waals surface area contributed by atoms with Gasteiger partial charge in [0.25, 0.3) is 0 Å². The first-order chi connectivity index (χ1) is 15.4. The van der Waals surface area contributed by atoms with Crippen LogP contribution in [-0.2, 0) is 5.41 Å². The maximum atomic E-state index is 13.7. The molecule has 5 N–H and O–H groups in total. The number of aromatic nitrogens is 1. The first-order valence-corrected chi connectivity index (χ1v) is 11.1. The standard InChI is InChI=1S/C26H27ClN2O4/c1-25(2,32)8-7-14-9-18-19(11-21(14)33-13-16(28)12-30)26(3,4)24-22(23(18)31)17-6-5-15(27)10-20(17)29-24/h5-6,9-11,16,29-30,32H,12-13,28H2,1-4H3/t16-/m1/s1. The maximum Gasteiger partial charge on any atom is 0.195 e. The highest BCUT2D eigenvalue weighted by Gasteiger charge is 2.40. The summed E-state index contributed by atoms with van der Waals surface area (Å²) in [4.78, 5) is 17.1. The minimum absolute atomic E-state index is 0.0804. The molecule has 0 bridgehead atoms. The third-order valence-corrected chi connectivity index (χ3v) is 6.08. The van der Waals surface area contributed by atoms with E-state index in [-0.39, 0.29) is 19.0 Å². The van der Waals surface area contributed by atoms with Gasteiger partial charge in [-0.2, -0.15) is 0 Å². The van der Waals surface area contributed by atoms with Crippen molar-refractivity contribution >= 4 is 28.3 Å². The Morgan fingerprint density at radius 2 is 2.00 bits per heavy atom. The second-order valence-electron chi connectivity index (χ2n) is 9.48. The van der Waals surface area contributed by atoms with Crippen molar-refractivity contribution in [2.24, 2.45) is 5.73 Å². The van der Waals surface area contributed by atoms with Crippen molar-refractivity contribution in [3.8, 4) is 17.6 Å². The lowest BCUT2D eigenvalue weighted by Crippen LogP contribution is -2.32. The van der Waals surface area contributed by atoms with Gasteiger partial charge in [-0.3, -0.25) is 4.79 Å². The van der Waals surface area contributed by atoms with E-state index < -0.39 is 17.1 Å². The van der Waals surface area contributed by atoms with E-state index in [0.29, 0.717) is 27.5 Å². The van der Waals surface area contributed by atoms with E-state index in [9.17, 15) is 15.0 Å². The van der Waals surface area contributed by atoms with Crippen LogP contribution in [0, 0.1) is 11.8 Å². The number of ketones is 1. The zero-order chi connectivity index (χ0) is 24.1. The molecular formula is C26H27ClN2O4. The molecule has 0 spiro atoms. The van der Waals surface area contributed by atoms with Gasteiger partial charge in [0.1, 0.15) is 18.0 Å². The molecule has 33 heavy (non-hydrogen) atoms. The van der Waals surface area contributed by atoms with Crippen molar-refractivity contribution in [1.29, 1.82) is 0 Å². The van der Waals surface area contributed by atoms with Crippen molar-refractivity contribution in [2.45, 2.75) is 44.8 Å². The van der Waals surface area contributed by atoms with Crippen molar-refractivity contribution in [2.75, 3.05) is 13.2 Å². The van der Waals surface area contributed by atoms with Gasteiger partial charge in [-0.25, -0.2) is 0 Å². The molecule has 6 nitrogen and oxygen atoms in total. The summed E-state index contributed by atoms with van der Waals surface area (Å²) in [5.74, 6) is 6.06. The van der Waals surface area contributed by atoms with E-state index >= 15 is 0 Å². The van der Waals surface area contributed by atoms with Gasteiger partial charge in [-0.15, -0.1) is 0 Å². The van der Waals surface area contributed by atoms with Gasteiger partial charge in [-0.1, -0.05) is 43.4 Å². The van der Waals surface area contributed by atoms with Crippen LogP contribution in [0.25, 0.3) is 10.9 Å². The summed E-state index contributed by atoms with van der Waals surface area (Å²) in [6, 6.07) is 8.41. The van der Waals surface area contributed by atoms with Crippen LogP contribution in [0.4, 0.5) is 0 Å². The number of nitrogens with one attached hydrogen (secondary N) is 1. The predicted octanol–water partition coefficient (Wildman–Crippen LogP) is 3.51. The van der Waals surface area contributed by atoms with Crippen LogP contribution >= 0.6 is 11.6 Å². The molecule has 1 aliphatic rings. The quantitative estimate of drug-likeness (QED) is 0.440. The SMILES string of the molecule is CC(C)(O)C#Cc1cc2c(cc1OC[C@H](N)CO)C(C)(C)c1[nH]c3cc(Cl)ccc3c1C2=O. The van der Waals surface area contributed by atoms with Gasteiger partial charge >= 0.3 is 0 Å². The van der Waals surface area contributed by atoms with E-state index in [4.69, 9.17) is 22.1 Å². The number of aliphatic hydroxyl groups is 2. The number of benzene rings is 2. The Bertz CT molecular complexity index is 1320. The second-order valence-corrected chi connectivity index (χ2v) is 9.91. The van der Waals surface area contributed by atoms with Crippen LogP contribution in [-0.4, -0.2) is 45.8 Å². The average Bonchev–Trinajstić information content (AvgIpc) is 3.13. The molecule has 1 aromatic heterocycles. The lowest BCUT2D eigenvalue weighted by atomic mass is 9.71. The average molecular weight is 467 g/mol. The van der Waals surface area contributed by atoms with E-state index in [1.807, 2.05) is 32.0 Å². The third-order valence-electron chi connectivity index (χ3n) is 5.84. The Balaban J connectivity index is 1.93. The molecule has 0 aliphatic heterocycles. The Labute approximate surface area is 197 Å². The van der Waals surface area contributed by atoms with E-state index in [0.717, 1.165) is 22.2 Å². The number of halogens is 1. The molecule has 1 atom stereocenters. The summed E-state index contributed by atoms with van der Waals surface area (Å²) in [6.45, 7) is 7.10.